The van der Waals surface area contributed by atoms with E-state index in [4.69, 9.17) is 14.0 Å². The topological polar surface area (TPSA) is 102 Å². The van der Waals surface area contributed by atoms with Crippen LogP contribution in [0.4, 0.5) is 0 Å². The molecule has 3 aromatic heterocycles. The molecule has 155 valence electrons. The molecule has 1 radical (unpaired) electrons. The summed E-state index contributed by atoms with van der Waals surface area (Å²) in [6.45, 7) is 11.9. The van der Waals surface area contributed by atoms with E-state index in [1.165, 1.54) is 12.0 Å². The third-order valence-corrected chi connectivity index (χ3v) is 3.63. The zero-order chi connectivity index (χ0) is 21.3. The van der Waals surface area contributed by atoms with Crippen LogP contribution in [-0.2, 0) is 35.1 Å². The fourth-order valence-electron chi connectivity index (χ4n) is 2.54. The van der Waals surface area contributed by atoms with Crippen LogP contribution in [0, 0.1) is 13.3 Å². The molecule has 9 nitrogen and oxygen atoms in total. The van der Waals surface area contributed by atoms with Crippen molar-refractivity contribution >= 4 is 7.12 Å². The van der Waals surface area contributed by atoms with Crippen molar-refractivity contribution in [1.29, 1.82) is 0 Å². The van der Waals surface area contributed by atoms with E-state index in [9.17, 15) is 0 Å². The molecule has 1 aliphatic heterocycles. The van der Waals surface area contributed by atoms with Gasteiger partial charge in [-0.1, -0.05) is 12.2 Å². The van der Waals surface area contributed by atoms with Crippen LogP contribution in [-0.4, -0.2) is 42.8 Å². The number of hydrogen-bond donors (Lipinski definition) is 0. The zero-order valence-electron chi connectivity index (χ0n) is 16.4. The Morgan fingerprint density at radius 2 is 1.40 bits per heavy atom. The summed E-state index contributed by atoms with van der Waals surface area (Å²) in [5.74, 6) is 0. The summed E-state index contributed by atoms with van der Waals surface area (Å²) in [7, 11) is -0.194. The van der Waals surface area contributed by atoms with E-state index < -0.39 is 0 Å². The van der Waals surface area contributed by atoms with Crippen LogP contribution in [0.2, 0.25) is 0 Å². The maximum atomic E-state index is 7.50. The van der Waals surface area contributed by atoms with Gasteiger partial charge in [0, 0.05) is 39.7 Å². The minimum absolute atomic E-state index is 0. The van der Waals surface area contributed by atoms with E-state index in [0.717, 1.165) is 13.0 Å². The van der Waals surface area contributed by atoms with Crippen molar-refractivity contribution in [3.8, 4) is 0 Å². The molecule has 0 saturated carbocycles. The van der Waals surface area contributed by atoms with Crippen molar-refractivity contribution in [1.82, 2.24) is 29.1 Å². The largest absolute Gasteiger partial charge is 0.425 e. The maximum Gasteiger partial charge on any atom is 0.260 e. The molecular weight excluding hydrogens is 467 g/mol. The molecular formula is C19H21BMoN6O3-. The van der Waals surface area contributed by atoms with Crippen molar-refractivity contribution < 1.29 is 35.1 Å². The predicted octanol–water partition coefficient (Wildman–Crippen LogP) is 2.38. The van der Waals surface area contributed by atoms with Gasteiger partial charge in [-0.05, 0) is 62.1 Å². The Hall–Kier alpha value is -2.86. The average molecular weight is 488 g/mol. The summed E-state index contributed by atoms with van der Waals surface area (Å²) in [5.41, 5.74) is 1.31. The molecule has 0 aliphatic carbocycles. The van der Waals surface area contributed by atoms with E-state index in [2.05, 4.69) is 34.7 Å². The monoisotopic (exact) mass is 490 g/mol. The standard InChI is InChI=1S/C9H9BN6.C8H12O.2CO.Mo/c1-4-11-14(7-1)10(15-8-2-5-12-15)16-9-3-6-13-16;1-2-4-8-5-3-6-9-7-8;2*1-2;/h1-9H;2,4,7H,3,5-6H2,1H3;;;/q-1;;;;/b;4-2+;;;. The minimum atomic E-state index is -0.194. The van der Waals surface area contributed by atoms with Crippen LogP contribution in [0.1, 0.15) is 19.8 Å². The first-order valence-electron chi connectivity index (χ1n) is 8.70. The van der Waals surface area contributed by atoms with E-state index in [0.29, 0.717) is 0 Å². The summed E-state index contributed by atoms with van der Waals surface area (Å²) in [5, 5.41) is 12.7. The van der Waals surface area contributed by atoms with Gasteiger partial charge in [-0.25, -0.2) is 15.3 Å². The van der Waals surface area contributed by atoms with Gasteiger partial charge in [0.05, 0.1) is 12.9 Å². The number of hydrogen-bond acceptors (Lipinski definition) is 4. The third kappa shape index (κ3) is 8.66. The van der Waals surface area contributed by atoms with Crippen molar-refractivity contribution in [3.05, 3.63) is 92.7 Å². The quantitative estimate of drug-likeness (QED) is 0.320. The Labute approximate surface area is 190 Å². The van der Waals surface area contributed by atoms with E-state index >= 15 is 0 Å². The molecule has 4 rings (SSSR count). The zero-order valence-corrected chi connectivity index (χ0v) is 18.5. The second kappa shape index (κ2) is 17.0. The Morgan fingerprint density at radius 1 is 0.933 bits per heavy atom. The molecule has 11 heteroatoms. The number of rotatable bonds is 4. The molecule has 0 atom stereocenters. The van der Waals surface area contributed by atoms with Crippen LogP contribution in [0.5, 0.6) is 0 Å². The Bertz CT molecular complexity index is 787. The van der Waals surface area contributed by atoms with E-state index in [-0.39, 0.29) is 28.2 Å². The van der Waals surface area contributed by atoms with Crippen LogP contribution >= 0.6 is 0 Å². The first kappa shape index (κ1) is 27.1. The molecule has 0 bridgehead atoms. The van der Waals surface area contributed by atoms with Gasteiger partial charge in [0.15, 0.2) is 0 Å². The summed E-state index contributed by atoms with van der Waals surface area (Å²) in [6, 6.07) is 5.62. The van der Waals surface area contributed by atoms with Gasteiger partial charge in [-0.3, -0.25) is 0 Å². The SMILES string of the molecule is C/C=C/C1=COCCC1.[C-]#[O+].[C-]#[O+].[Mo].c1cnn([B-](n2cccn2)n2cccn2)c1. The van der Waals surface area contributed by atoms with Gasteiger partial charge in [0.25, 0.3) is 7.12 Å². The van der Waals surface area contributed by atoms with Gasteiger partial charge in [-0.15, -0.1) is 0 Å². The van der Waals surface area contributed by atoms with Gasteiger partial charge in [-0.2, -0.15) is 0 Å². The van der Waals surface area contributed by atoms with Crippen LogP contribution < -0.4 is 0 Å². The molecule has 30 heavy (non-hydrogen) atoms. The normalized spacial score (nSPS) is 11.9. The van der Waals surface area contributed by atoms with Crippen molar-refractivity contribution in [3.63, 3.8) is 0 Å². The molecule has 0 saturated heterocycles. The molecule has 3 aromatic rings. The molecule has 4 heterocycles. The second-order valence-corrected chi connectivity index (χ2v) is 5.47. The summed E-state index contributed by atoms with van der Waals surface area (Å²) < 4.78 is 25.5. The molecule has 0 spiro atoms. The molecule has 0 N–H and O–H groups in total. The first-order chi connectivity index (χ1) is 14.4. The van der Waals surface area contributed by atoms with E-state index in [1.807, 2.05) is 56.1 Å². The molecule has 0 fully saturated rings. The number of nitrogens with zero attached hydrogens (tertiary/aromatic N) is 6. The van der Waals surface area contributed by atoms with Crippen molar-refractivity contribution in [2.24, 2.45) is 0 Å². The molecule has 0 amide bonds. The smallest absolute Gasteiger partial charge is 0.260 e. The van der Waals surface area contributed by atoms with Crippen molar-refractivity contribution in [2.75, 3.05) is 6.61 Å². The Morgan fingerprint density at radius 3 is 1.70 bits per heavy atom. The summed E-state index contributed by atoms with van der Waals surface area (Å²) in [4.78, 5) is 0. The van der Waals surface area contributed by atoms with E-state index in [1.54, 1.807) is 32.4 Å². The summed E-state index contributed by atoms with van der Waals surface area (Å²) >= 11 is 0. The number of allylic oxidation sites excluding steroid dienone is 3. The second-order valence-electron chi connectivity index (χ2n) is 5.47. The molecule has 0 unspecified atom stereocenters. The Kier molecular flexibility index (Phi) is 15.4. The third-order valence-electron chi connectivity index (χ3n) is 3.63. The maximum absolute atomic E-state index is 7.50. The Balaban J connectivity index is 0.000000518. The van der Waals surface area contributed by atoms with Crippen LogP contribution in [0.3, 0.4) is 0 Å². The fourth-order valence-corrected chi connectivity index (χ4v) is 2.54. The number of aromatic nitrogens is 6. The van der Waals surface area contributed by atoms with Crippen LogP contribution in [0.15, 0.2) is 79.4 Å². The number of ether oxygens (including phenoxy) is 1. The molecule has 0 aromatic carbocycles. The molecule has 1 aliphatic rings. The first-order valence-corrected chi connectivity index (χ1v) is 8.70. The van der Waals surface area contributed by atoms with Gasteiger partial charge in [0.1, 0.15) is 0 Å². The predicted molar refractivity (Wildman–Crippen MR) is 105 cm³/mol. The van der Waals surface area contributed by atoms with Crippen LogP contribution in [0.25, 0.3) is 0 Å². The minimum Gasteiger partial charge on any atom is -0.425 e. The average Bonchev–Trinajstić information content (AvgIpc) is 3.58. The van der Waals surface area contributed by atoms with Crippen molar-refractivity contribution in [2.45, 2.75) is 19.8 Å². The summed E-state index contributed by atoms with van der Waals surface area (Å²) in [6.07, 6.45) is 19.2. The van der Waals surface area contributed by atoms with Gasteiger partial charge < -0.3 is 18.5 Å². The van der Waals surface area contributed by atoms with Gasteiger partial charge in [0.2, 0.25) is 0 Å². The van der Waals surface area contributed by atoms with Gasteiger partial charge >= 0.3 is 22.6 Å². The fraction of sp³-hybridized carbons (Fsp3) is 0.211.